The molecule has 1 aliphatic carbocycles. The molecule has 2 aliphatic heterocycles. The highest BCUT2D eigenvalue weighted by atomic mass is 19.1. The molecule has 1 amide bonds. The Morgan fingerprint density at radius 2 is 2.22 bits per heavy atom. The Balaban J connectivity index is 1.10. The van der Waals surface area contributed by atoms with Gasteiger partial charge in [0.25, 0.3) is 0 Å². The first kappa shape index (κ1) is 23.8. The third-order valence-corrected chi connectivity index (χ3v) is 6.13. The molecule has 188 valence electrons. The number of cyclic esters (lactones) is 1. The van der Waals surface area contributed by atoms with Crippen LogP contribution in [0.4, 0.5) is 9.18 Å². The number of ether oxygens (including phenoxy) is 4. The first-order chi connectivity index (χ1) is 17.6. The van der Waals surface area contributed by atoms with Crippen LogP contribution in [0, 0.1) is 5.82 Å². The monoisotopic (exact) mass is 494 g/mol. The first-order valence-corrected chi connectivity index (χ1v) is 11.9. The molecular weight excluding hydrogens is 467 g/mol. The van der Waals surface area contributed by atoms with E-state index in [-0.39, 0.29) is 11.9 Å². The largest absolute Gasteiger partial charge is 0.481 e. The predicted molar refractivity (Wildman–Crippen MR) is 129 cm³/mol. The molecule has 2 aromatic heterocycles. The van der Waals surface area contributed by atoms with Crippen LogP contribution in [0.15, 0.2) is 66.3 Å². The molecule has 1 saturated heterocycles. The van der Waals surface area contributed by atoms with E-state index in [0.29, 0.717) is 66.6 Å². The number of nitrogens with zero attached hydrogens (tertiary/aromatic N) is 3. The Kier molecular flexibility index (Phi) is 7.13. The van der Waals surface area contributed by atoms with Crippen molar-refractivity contribution in [1.82, 2.24) is 20.2 Å². The number of halogens is 1. The number of fused-ring (bicyclic) bond motifs is 1. The van der Waals surface area contributed by atoms with Crippen molar-refractivity contribution in [3.63, 3.8) is 0 Å². The minimum absolute atomic E-state index is 0.304. The molecule has 5 rings (SSSR count). The summed E-state index contributed by atoms with van der Waals surface area (Å²) in [5.74, 6) is 0.923. The number of aryl methyl sites for hydroxylation is 1. The van der Waals surface area contributed by atoms with Gasteiger partial charge < -0.3 is 24.3 Å². The summed E-state index contributed by atoms with van der Waals surface area (Å²) in [4.78, 5) is 22.3. The average molecular weight is 495 g/mol. The lowest BCUT2D eigenvalue weighted by Crippen LogP contribution is -2.32. The third kappa shape index (κ3) is 5.18. The Bertz CT molecular complexity index is 1270. The van der Waals surface area contributed by atoms with E-state index >= 15 is 0 Å². The van der Waals surface area contributed by atoms with Crippen LogP contribution in [0.25, 0.3) is 11.0 Å². The van der Waals surface area contributed by atoms with E-state index in [1.807, 2.05) is 12.2 Å². The maximum atomic E-state index is 14.5. The van der Waals surface area contributed by atoms with E-state index < -0.39 is 6.09 Å². The molecule has 0 unspecified atom stereocenters. The molecule has 1 fully saturated rings. The van der Waals surface area contributed by atoms with Crippen molar-refractivity contribution >= 4 is 17.1 Å². The number of carbonyl (C=O) groups excluding carboxylic acids is 1. The first-order valence-electron chi connectivity index (χ1n) is 11.9. The SMILES string of the molecule is COc1ccc2ncc(F)c(CCCNC[C@@H]3CN(C4=COC=C(C5=CC=CCC5)O4)C(=O)O3)c2n1. The standard InChI is InChI=1S/C26H27FN4O5/c1-33-23-10-9-21-25(30-23)19(20(27)13-29-21)8-5-11-28-12-18-14-31(26(32)35-18)24-16-34-15-22(36-24)17-6-3-2-4-7-17/h2-3,6,9-10,13,15-16,18,28H,4-5,7-8,11-12,14H2,1H3/t18-/m1/s1. The molecule has 0 radical (unpaired) electrons. The van der Waals surface area contributed by atoms with Gasteiger partial charge in [0.1, 0.15) is 18.2 Å². The second-order valence-corrected chi connectivity index (χ2v) is 8.57. The highest BCUT2D eigenvalue weighted by Gasteiger charge is 2.36. The van der Waals surface area contributed by atoms with Gasteiger partial charge in [-0.15, -0.1) is 0 Å². The summed E-state index contributed by atoms with van der Waals surface area (Å²) in [6.07, 6.45) is 12.3. The number of allylic oxidation sites excluding steroid dienone is 4. The van der Waals surface area contributed by atoms with Crippen LogP contribution in [-0.4, -0.2) is 53.8 Å². The molecule has 0 bridgehead atoms. The summed E-state index contributed by atoms with van der Waals surface area (Å²) in [5, 5.41) is 3.29. The maximum absolute atomic E-state index is 14.5. The van der Waals surface area contributed by atoms with E-state index in [2.05, 4.69) is 21.4 Å². The topological polar surface area (TPSA) is 95.0 Å². The molecular formula is C26H27FN4O5. The number of carbonyl (C=O) groups is 1. The van der Waals surface area contributed by atoms with E-state index in [0.717, 1.165) is 18.4 Å². The lowest BCUT2D eigenvalue weighted by atomic mass is 10.0. The molecule has 9 nitrogen and oxygen atoms in total. The zero-order chi connectivity index (χ0) is 24.9. The Morgan fingerprint density at radius 3 is 3.06 bits per heavy atom. The number of aromatic nitrogens is 2. The Labute approximate surface area is 207 Å². The summed E-state index contributed by atoms with van der Waals surface area (Å²) in [5.41, 5.74) is 2.65. The van der Waals surface area contributed by atoms with Crippen molar-refractivity contribution in [2.45, 2.75) is 31.8 Å². The molecule has 2 aromatic rings. The fourth-order valence-corrected chi connectivity index (χ4v) is 4.27. The zero-order valence-electron chi connectivity index (χ0n) is 19.9. The molecule has 3 aliphatic rings. The van der Waals surface area contributed by atoms with Gasteiger partial charge in [-0.1, -0.05) is 18.2 Å². The quantitative estimate of drug-likeness (QED) is 0.521. The van der Waals surface area contributed by atoms with Crippen LogP contribution in [-0.2, 0) is 20.6 Å². The smallest absolute Gasteiger partial charge is 0.417 e. The van der Waals surface area contributed by atoms with Gasteiger partial charge in [0, 0.05) is 18.2 Å². The van der Waals surface area contributed by atoms with Crippen LogP contribution in [0.5, 0.6) is 5.88 Å². The Morgan fingerprint density at radius 1 is 1.31 bits per heavy atom. The van der Waals surface area contributed by atoms with Crippen LogP contribution in [0.3, 0.4) is 0 Å². The number of amides is 1. The summed E-state index contributed by atoms with van der Waals surface area (Å²) < 4.78 is 36.5. The molecule has 0 spiro atoms. The highest BCUT2D eigenvalue weighted by molar-refractivity contribution is 5.78. The third-order valence-electron chi connectivity index (χ3n) is 6.13. The number of rotatable bonds is 9. The van der Waals surface area contributed by atoms with Crippen molar-refractivity contribution in [3.8, 4) is 5.88 Å². The number of hydrogen-bond acceptors (Lipinski definition) is 8. The molecule has 1 N–H and O–H groups in total. The van der Waals surface area contributed by atoms with E-state index in [1.165, 1.54) is 30.7 Å². The van der Waals surface area contributed by atoms with Gasteiger partial charge in [-0.3, -0.25) is 4.98 Å². The fraction of sp³-hybridized carbons (Fsp3) is 0.346. The number of nitrogens with one attached hydrogen (secondary N) is 1. The minimum atomic E-state index is -0.485. The molecule has 0 aromatic carbocycles. The van der Waals surface area contributed by atoms with Crippen molar-refractivity contribution in [1.29, 1.82) is 0 Å². The predicted octanol–water partition coefficient (Wildman–Crippen LogP) is 4.08. The molecule has 4 heterocycles. The molecule has 1 atom stereocenters. The Hall–Kier alpha value is -3.92. The number of methoxy groups -OCH3 is 1. The van der Waals surface area contributed by atoms with Crippen molar-refractivity contribution in [2.75, 3.05) is 26.7 Å². The summed E-state index contributed by atoms with van der Waals surface area (Å²) >= 11 is 0. The normalized spacial score (nSPS) is 19.3. The highest BCUT2D eigenvalue weighted by Crippen LogP contribution is 2.29. The van der Waals surface area contributed by atoms with Crippen LogP contribution in [0.1, 0.15) is 24.8 Å². The zero-order valence-corrected chi connectivity index (χ0v) is 19.9. The van der Waals surface area contributed by atoms with E-state index in [9.17, 15) is 9.18 Å². The van der Waals surface area contributed by atoms with Gasteiger partial charge in [0.15, 0.2) is 12.0 Å². The molecule has 10 heteroatoms. The number of pyridine rings is 2. The summed E-state index contributed by atoms with van der Waals surface area (Å²) in [7, 11) is 1.52. The van der Waals surface area contributed by atoms with Gasteiger partial charge in [-0.05, 0) is 43.9 Å². The molecule has 36 heavy (non-hydrogen) atoms. The van der Waals surface area contributed by atoms with Gasteiger partial charge in [-0.25, -0.2) is 19.1 Å². The van der Waals surface area contributed by atoms with Gasteiger partial charge in [0.05, 0.1) is 30.9 Å². The second-order valence-electron chi connectivity index (χ2n) is 8.57. The van der Waals surface area contributed by atoms with Gasteiger partial charge in [-0.2, -0.15) is 0 Å². The van der Waals surface area contributed by atoms with E-state index in [4.69, 9.17) is 18.9 Å². The van der Waals surface area contributed by atoms with Crippen molar-refractivity contribution in [3.05, 3.63) is 77.7 Å². The van der Waals surface area contributed by atoms with Gasteiger partial charge >= 0.3 is 6.09 Å². The van der Waals surface area contributed by atoms with Crippen molar-refractivity contribution in [2.24, 2.45) is 0 Å². The summed E-state index contributed by atoms with van der Waals surface area (Å²) in [6, 6.07) is 3.47. The van der Waals surface area contributed by atoms with Gasteiger partial charge in [0.2, 0.25) is 11.8 Å². The maximum Gasteiger partial charge on any atom is 0.417 e. The summed E-state index contributed by atoms with van der Waals surface area (Å²) in [6.45, 7) is 1.40. The lowest BCUT2D eigenvalue weighted by molar-refractivity contribution is 0.118. The van der Waals surface area contributed by atoms with Crippen LogP contribution >= 0.6 is 0 Å². The lowest BCUT2D eigenvalue weighted by Gasteiger charge is -2.23. The van der Waals surface area contributed by atoms with Crippen molar-refractivity contribution < 1.29 is 28.1 Å². The minimum Gasteiger partial charge on any atom is -0.481 e. The second kappa shape index (κ2) is 10.8. The number of hydrogen-bond donors (Lipinski definition) is 1. The average Bonchev–Trinajstić information content (AvgIpc) is 3.30. The van der Waals surface area contributed by atoms with Crippen LogP contribution < -0.4 is 10.1 Å². The van der Waals surface area contributed by atoms with Crippen LogP contribution in [0.2, 0.25) is 0 Å². The molecule has 0 saturated carbocycles. The fourth-order valence-electron chi connectivity index (χ4n) is 4.27. The van der Waals surface area contributed by atoms with E-state index in [1.54, 1.807) is 12.1 Å².